The number of fused-ring (bicyclic) bond motifs is 1. The number of rotatable bonds is 9. The molecule has 2 aliphatic rings. The second-order valence-corrected chi connectivity index (χ2v) is 8.91. The first-order valence-electron chi connectivity index (χ1n) is 12.3. The van der Waals surface area contributed by atoms with E-state index < -0.39 is 0 Å². The van der Waals surface area contributed by atoms with Crippen LogP contribution in [0.4, 0.5) is 0 Å². The summed E-state index contributed by atoms with van der Waals surface area (Å²) in [6.45, 7) is 6.24. The van der Waals surface area contributed by atoms with Crippen LogP contribution in [0.3, 0.4) is 0 Å². The maximum Gasteiger partial charge on any atom is 0.249 e. The molecule has 2 aromatic rings. The third-order valence-corrected chi connectivity index (χ3v) is 6.81. The molecule has 1 fully saturated rings. The zero-order chi connectivity index (χ0) is 25.7. The number of amides is 1. The van der Waals surface area contributed by atoms with E-state index in [-0.39, 0.29) is 24.4 Å². The van der Waals surface area contributed by atoms with Crippen LogP contribution in [0.5, 0.6) is 23.0 Å². The smallest absolute Gasteiger partial charge is 0.249 e. The summed E-state index contributed by atoms with van der Waals surface area (Å²) in [5.41, 5.74) is 3.96. The molecule has 1 atom stereocenters. The second kappa shape index (κ2) is 13.0. The van der Waals surface area contributed by atoms with Crippen LogP contribution >= 0.6 is 12.4 Å². The fourth-order valence-corrected chi connectivity index (χ4v) is 4.94. The first kappa shape index (κ1) is 28.6. The minimum absolute atomic E-state index is 0. The third kappa shape index (κ3) is 6.32. The van der Waals surface area contributed by atoms with Crippen molar-refractivity contribution < 1.29 is 28.5 Å². The van der Waals surface area contributed by atoms with Crippen molar-refractivity contribution in [1.82, 2.24) is 9.80 Å². The Balaban J connectivity index is 0.00000380. The lowest BCUT2D eigenvalue weighted by atomic mass is 9.88. The van der Waals surface area contributed by atoms with Gasteiger partial charge in [-0.1, -0.05) is 6.07 Å². The highest BCUT2D eigenvalue weighted by Gasteiger charge is 2.30. The van der Waals surface area contributed by atoms with Crippen molar-refractivity contribution >= 4 is 24.4 Å². The van der Waals surface area contributed by atoms with E-state index in [0.29, 0.717) is 43.4 Å². The topological polar surface area (TPSA) is 69.7 Å². The van der Waals surface area contributed by atoms with Crippen LogP contribution in [0.1, 0.15) is 36.1 Å². The highest BCUT2D eigenvalue weighted by molar-refractivity contribution is 5.99. The number of benzene rings is 2. The van der Waals surface area contributed by atoms with Crippen molar-refractivity contribution in [3.63, 3.8) is 0 Å². The zero-order valence-corrected chi connectivity index (χ0v) is 23.1. The van der Waals surface area contributed by atoms with Gasteiger partial charge in [-0.05, 0) is 54.0 Å². The number of halogens is 1. The number of ether oxygens (including phenoxy) is 5. The Morgan fingerprint density at radius 3 is 2.16 bits per heavy atom. The maximum absolute atomic E-state index is 13.5. The number of nitrogens with zero attached hydrogens (tertiary/aromatic N) is 2. The van der Waals surface area contributed by atoms with Gasteiger partial charge in [0.2, 0.25) is 11.7 Å². The van der Waals surface area contributed by atoms with Gasteiger partial charge in [-0.25, -0.2) is 0 Å². The molecule has 1 saturated heterocycles. The number of hydrogen-bond donors (Lipinski definition) is 0. The van der Waals surface area contributed by atoms with Crippen LogP contribution in [0.2, 0.25) is 0 Å². The molecule has 8 nitrogen and oxygen atoms in total. The predicted molar refractivity (Wildman–Crippen MR) is 145 cm³/mol. The molecule has 0 radical (unpaired) electrons. The molecule has 2 aromatic carbocycles. The maximum atomic E-state index is 13.5. The van der Waals surface area contributed by atoms with Gasteiger partial charge in [0.25, 0.3) is 0 Å². The van der Waals surface area contributed by atoms with Crippen molar-refractivity contribution in [3.05, 3.63) is 52.6 Å². The highest BCUT2D eigenvalue weighted by atomic mass is 35.5. The molecule has 37 heavy (non-hydrogen) atoms. The Morgan fingerprint density at radius 1 is 0.919 bits per heavy atom. The van der Waals surface area contributed by atoms with Gasteiger partial charge in [-0.3, -0.25) is 9.69 Å². The van der Waals surface area contributed by atoms with Crippen LogP contribution in [0, 0.1) is 0 Å². The zero-order valence-electron chi connectivity index (χ0n) is 22.2. The first-order valence-corrected chi connectivity index (χ1v) is 12.3. The fourth-order valence-electron chi connectivity index (χ4n) is 4.94. The third-order valence-electron chi connectivity index (χ3n) is 6.81. The Bertz CT molecular complexity index is 1090. The van der Waals surface area contributed by atoms with Gasteiger partial charge < -0.3 is 28.6 Å². The van der Waals surface area contributed by atoms with Crippen LogP contribution in [0.25, 0.3) is 6.08 Å². The lowest BCUT2D eigenvalue weighted by Crippen LogP contribution is -2.48. The van der Waals surface area contributed by atoms with Crippen molar-refractivity contribution in [2.24, 2.45) is 0 Å². The predicted octanol–water partition coefficient (Wildman–Crippen LogP) is 4.35. The number of carbonyl (C=O) groups excluding carboxylic acids is 1. The first-order chi connectivity index (χ1) is 17.5. The lowest BCUT2D eigenvalue weighted by Gasteiger charge is -2.36. The molecule has 9 heteroatoms. The summed E-state index contributed by atoms with van der Waals surface area (Å²) >= 11 is 0. The minimum atomic E-state index is -0.148. The minimum Gasteiger partial charge on any atom is -0.497 e. The van der Waals surface area contributed by atoms with E-state index in [1.807, 2.05) is 48.2 Å². The van der Waals surface area contributed by atoms with Gasteiger partial charge in [-0.15, -0.1) is 12.4 Å². The quantitative estimate of drug-likeness (QED) is 0.475. The summed E-state index contributed by atoms with van der Waals surface area (Å²) in [5.74, 6) is 2.77. The molecule has 1 unspecified atom stereocenters. The van der Waals surface area contributed by atoms with Gasteiger partial charge >= 0.3 is 0 Å². The average Bonchev–Trinajstić information content (AvgIpc) is 2.92. The molecule has 202 valence electrons. The van der Waals surface area contributed by atoms with E-state index in [1.165, 1.54) is 0 Å². The molecular weight excluding hydrogens is 496 g/mol. The van der Waals surface area contributed by atoms with Crippen molar-refractivity contribution in [2.45, 2.75) is 26.0 Å². The van der Waals surface area contributed by atoms with Crippen molar-refractivity contribution in [3.8, 4) is 23.0 Å². The Labute approximate surface area is 225 Å². The van der Waals surface area contributed by atoms with Crippen LogP contribution in [-0.2, 0) is 16.1 Å². The van der Waals surface area contributed by atoms with E-state index in [4.69, 9.17) is 23.7 Å². The molecule has 1 aliphatic carbocycles. The fraction of sp³-hybridized carbons (Fsp3) is 0.464. The van der Waals surface area contributed by atoms with Crippen molar-refractivity contribution in [2.75, 3.05) is 61.2 Å². The van der Waals surface area contributed by atoms with Gasteiger partial charge in [0.05, 0.1) is 34.5 Å². The summed E-state index contributed by atoms with van der Waals surface area (Å²) in [4.78, 5) is 17.7. The summed E-state index contributed by atoms with van der Waals surface area (Å²) in [7, 11) is 6.50. The van der Waals surface area contributed by atoms with Crippen molar-refractivity contribution in [1.29, 1.82) is 0 Å². The number of piperazine rings is 1. The van der Waals surface area contributed by atoms with E-state index in [0.717, 1.165) is 47.6 Å². The Morgan fingerprint density at radius 2 is 1.59 bits per heavy atom. The lowest BCUT2D eigenvalue weighted by molar-refractivity contribution is -0.129. The van der Waals surface area contributed by atoms with Gasteiger partial charge in [-0.2, -0.15) is 0 Å². The Hall–Kier alpha value is -2.94. The molecule has 0 spiro atoms. The van der Waals surface area contributed by atoms with E-state index >= 15 is 0 Å². The molecule has 4 rings (SSSR count). The summed E-state index contributed by atoms with van der Waals surface area (Å²) in [6.07, 6.45) is 2.43. The summed E-state index contributed by atoms with van der Waals surface area (Å²) in [5, 5.41) is 0. The molecule has 0 N–H and O–H groups in total. The molecule has 1 aliphatic heterocycles. The van der Waals surface area contributed by atoms with E-state index in [1.54, 1.807) is 28.4 Å². The monoisotopic (exact) mass is 532 g/mol. The van der Waals surface area contributed by atoms with Crippen LogP contribution in [0.15, 0.2) is 35.9 Å². The molecular formula is C28H37ClN2O6. The van der Waals surface area contributed by atoms with Gasteiger partial charge in [0.1, 0.15) is 5.75 Å². The normalized spacial score (nSPS) is 17.3. The van der Waals surface area contributed by atoms with Crippen LogP contribution < -0.4 is 18.9 Å². The largest absolute Gasteiger partial charge is 0.497 e. The summed E-state index contributed by atoms with van der Waals surface area (Å²) < 4.78 is 27.8. The number of methoxy groups -OCH3 is 4. The van der Waals surface area contributed by atoms with Gasteiger partial charge in [0, 0.05) is 51.3 Å². The molecule has 0 saturated carbocycles. The van der Waals surface area contributed by atoms with E-state index in [9.17, 15) is 4.79 Å². The molecule has 0 bridgehead atoms. The standard InChI is InChI=1S/C28H36N2O6.ClH/c1-6-36-24-16-21(15-20-7-8-22(32-2)17-23(20)24)28(31)30-11-9-29(10-12-30)18-19-13-25(33-3)27(35-5)26(14-19)34-4;/h7-8,13-15,17,24H,6,9-12,16,18H2,1-5H3;1H. The molecule has 0 aromatic heterocycles. The molecule has 1 amide bonds. The Kier molecular flexibility index (Phi) is 10.1. The average molecular weight is 533 g/mol. The molecule has 1 heterocycles. The SMILES string of the molecule is CCOC1CC(C(=O)N2CCN(Cc3cc(OC)c(OC)c(OC)c3)CC2)=Cc2ccc(OC)cc21.Cl. The highest BCUT2D eigenvalue weighted by Crippen LogP contribution is 2.39. The number of hydrogen-bond acceptors (Lipinski definition) is 7. The number of carbonyl (C=O) groups is 1. The van der Waals surface area contributed by atoms with Gasteiger partial charge in [0.15, 0.2) is 11.5 Å². The second-order valence-electron chi connectivity index (χ2n) is 8.91. The summed E-state index contributed by atoms with van der Waals surface area (Å²) in [6, 6.07) is 9.89. The van der Waals surface area contributed by atoms with E-state index in [2.05, 4.69) is 4.90 Å². The van der Waals surface area contributed by atoms with Crippen LogP contribution in [-0.4, -0.2) is 76.9 Å².